The number of methoxy groups -OCH3 is 1. The van der Waals surface area contributed by atoms with Crippen LogP contribution in [0.15, 0.2) is 29.4 Å². The largest absolute Gasteiger partial charge is 0.497 e. The average Bonchev–Trinajstić information content (AvgIpc) is 2.67. The van der Waals surface area contributed by atoms with Gasteiger partial charge >= 0.3 is 5.91 Å². The first-order chi connectivity index (χ1) is 9.02. The van der Waals surface area contributed by atoms with Crippen LogP contribution in [0.3, 0.4) is 0 Å². The molecule has 1 aromatic rings. The lowest BCUT2D eigenvalue weighted by molar-refractivity contribution is -0.131. The highest BCUT2D eigenvalue weighted by molar-refractivity contribution is 6.69. The first kappa shape index (κ1) is 12.7. The summed E-state index contributed by atoms with van der Waals surface area (Å²) in [5.74, 6) is -1.77. The molecule has 0 atom stereocenters. The summed E-state index contributed by atoms with van der Waals surface area (Å²) in [5, 5.41) is 6.95. The van der Waals surface area contributed by atoms with Gasteiger partial charge in [-0.05, 0) is 24.3 Å². The molecule has 1 N–H and O–H groups in total. The second kappa shape index (κ2) is 4.89. The molecule has 2 rings (SSSR count). The van der Waals surface area contributed by atoms with E-state index in [0.717, 1.165) is 5.01 Å². The summed E-state index contributed by atoms with van der Waals surface area (Å²) in [6.07, 6.45) is 0. The second-order valence-electron chi connectivity index (χ2n) is 3.77. The molecule has 0 aliphatic carbocycles. The van der Waals surface area contributed by atoms with Gasteiger partial charge in [0, 0.05) is 6.92 Å². The number of Topliss-reactive ketones (excluding diaryl/α,β-unsaturated/α-hetero) is 1. The summed E-state index contributed by atoms with van der Waals surface area (Å²) in [7, 11) is 1.52. The topological polar surface area (TPSA) is 88.1 Å². The Balaban J connectivity index is 2.28. The van der Waals surface area contributed by atoms with Crippen LogP contribution in [-0.4, -0.2) is 30.5 Å². The summed E-state index contributed by atoms with van der Waals surface area (Å²) in [6, 6.07) is 6.45. The molecule has 2 amide bonds. The van der Waals surface area contributed by atoms with Crippen LogP contribution in [0.5, 0.6) is 5.75 Å². The molecule has 0 saturated carbocycles. The molecule has 1 aliphatic rings. The van der Waals surface area contributed by atoms with Gasteiger partial charge < -0.3 is 10.1 Å². The van der Waals surface area contributed by atoms with E-state index < -0.39 is 17.6 Å². The number of anilines is 1. The first-order valence-electron chi connectivity index (χ1n) is 5.42. The minimum absolute atomic E-state index is 0.270. The van der Waals surface area contributed by atoms with Crippen LogP contribution in [-0.2, 0) is 14.4 Å². The van der Waals surface area contributed by atoms with Crippen LogP contribution < -0.4 is 15.1 Å². The Morgan fingerprint density at radius 3 is 2.42 bits per heavy atom. The van der Waals surface area contributed by atoms with E-state index in [2.05, 4.69) is 10.4 Å². The van der Waals surface area contributed by atoms with Gasteiger partial charge in [-0.25, -0.2) is 0 Å². The number of benzene rings is 1. The maximum atomic E-state index is 11.7. The number of hydrazone groups is 1. The fraction of sp³-hybridized carbons (Fsp3) is 0.167. The summed E-state index contributed by atoms with van der Waals surface area (Å²) < 4.78 is 4.99. The van der Waals surface area contributed by atoms with Gasteiger partial charge in [0.15, 0.2) is 0 Å². The fourth-order valence-corrected chi connectivity index (χ4v) is 1.54. The van der Waals surface area contributed by atoms with Gasteiger partial charge in [0.25, 0.3) is 5.78 Å². The number of carbonyl (C=O) groups excluding carboxylic acids is 3. The molecule has 7 heteroatoms. The zero-order valence-corrected chi connectivity index (χ0v) is 10.3. The molecule has 0 unspecified atom stereocenters. The van der Waals surface area contributed by atoms with Crippen molar-refractivity contribution in [3.63, 3.8) is 0 Å². The fourth-order valence-electron chi connectivity index (χ4n) is 1.54. The molecule has 1 aliphatic heterocycles. The molecule has 1 heterocycles. The quantitative estimate of drug-likeness (QED) is 0.762. The van der Waals surface area contributed by atoms with E-state index in [4.69, 9.17) is 4.74 Å². The molecule has 0 bridgehead atoms. The minimum atomic E-state index is -0.842. The zero-order chi connectivity index (χ0) is 14.0. The standard InChI is InChI=1S/C12H11N3O4/c1-7(16)13-11-10(17)12(18)15(14-11)8-3-5-9(19-2)6-4-8/h3-6H,1-2H3,(H,13,14,16). The Labute approximate surface area is 108 Å². The molecule has 0 aromatic heterocycles. The maximum Gasteiger partial charge on any atom is 0.323 e. The van der Waals surface area contributed by atoms with Gasteiger partial charge in [-0.2, -0.15) is 5.01 Å². The highest BCUT2D eigenvalue weighted by Gasteiger charge is 2.35. The molecule has 0 saturated heterocycles. The molecule has 98 valence electrons. The summed E-state index contributed by atoms with van der Waals surface area (Å²) in [5.41, 5.74) is 0.416. The van der Waals surface area contributed by atoms with Gasteiger partial charge in [0.05, 0.1) is 12.8 Å². The monoisotopic (exact) mass is 261 g/mol. The number of ether oxygens (including phenoxy) is 1. The third kappa shape index (κ3) is 2.44. The van der Waals surface area contributed by atoms with Crippen molar-refractivity contribution >= 4 is 29.1 Å². The third-order valence-corrected chi connectivity index (χ3v) is 2.41. The number of hydrogen-bond donors (Lipinski definition) is 1. The van der Waals surface area contributed by atoms with Gasteiger partial charge in [0.2, 0.25) is 11.7 Å². The lowest BCUT2D eigenvalue weighted by Gasteiger charge is -2.10. The van der Waals surface area contributed by atoms with Gasteiger partial charge in [-0.15, -0.1) is 5.10 Å². The number of hydrogen-bond acceptors (Lipinski definition) is 5. The minimum Gasteiger partial charge on any atom is -0.497 e. The van der Waals surface area contributed by atoms with E-state index in [0.29, 0.717) is 11.4 Å². The van der Waals surface area contributed by atoms with Crippen LogP contribution in [0.1, 0.15) is 6.92 Å². The molecule has 0 fully saturated rings. The number of amidine groups is 1. The molecular weight excluding hydrogens is 250 g/mol. The number of nitrogens with one attached hydrogen (secondary N) is 1. The number of carbonyl (C=O) groups is 3. The number of rotatable bonds is 2. The van der Waals surface area contributed by atoms with E-state index in [1.807, 2.05) is 0 Å². The zero-order valence-electron chi connectivity index (χ0n) is 10.3. The lowest BCUT2D eigenvalue weighted by atomic mass is 10.3. The third-order valence-electron chi connectivity index (χ3n) is 2.41. The molecule has 0 spiro atoms. The Bertz CT molecular complexity index is 577. The van der Waals surface area contributed by atoms with Crippen LogP contribution in [0.25, 0.3) is 0 Å². The summed E-state index contributed by atoms with van der Waals surface area (Å²) in [4.78, 5) is 34.2. The van der Waals surface area contributed by atoms with Crippen molar-refractivity contribution in [2.75, 3.05) is 12.1 Å². The van der Waals surface area contributed by atoms with Crippen molar-refractivity contribution in [3.8, 4) is 5.75 Å². The van der Waals surface area contributed by atoms with Gasteiger partial charge in [-0.3, -0.25) is 14.4 Å². The first-order valence-corrected chi connectivity index (χ1v) is 5.42. The van der Waals surface area contributed by atoms with Gasteiger partial charge in [-0.1, -0.05) is 0 Å². The lowest BCUT2D eigenvalue weighted by Crippen LogP contribution is -2.35. The molecule has 19 heavy (non-hydrogen) atoms. The second-order valence-corrected chi connectivity index (χ2v) is 3.77. The Morgan fingerprint density at radius 1 is 1.26 bits per heavy atom. The summed E-state index contributed by atoms with van der Waals surface area (Å²) in [6.45, 7) is 1.23. The van der Waals surface area contributed by atoms with Gasteiger partial charge in [0.1, 0.15) is 5.75 Å². The Morgan fingerprint density at radius 2 is 1.89 bits per heavy atom. The maximum absolute atomic E-state index is 11.7. The van der Waals surface area contributed by atoms with E-state index in [-0.39, 0.29) is 5.84 Å². The van der Waals surface area contributed by atoms with Crippen LogP contribution >= 0.6 is 0 Å². The predicted molar refractivity (Wildman–Crippen MR) is 66.7 cm³/mol. The van der Waals surface area contributed by atoms with Crippen molar-refractivity contribution in [3.05, 3.63) is 24.3 Å². The average molecular weight is 261 g/mol. The highest BCUT2D eigenvalue weighted by Crippen LogP contribution is 2.21. The number of nitrogens with zero attached hydrogens (tertiary/aromatic N) is 2. The summed E-state index contributed by atoms with van der Waals surface area (Å²) >= 11 is 0. The normalized spacial score (nSPS) is 14.4. The van der Waals surface area contributed by atoms with Crippen LogP contribution in [0.2, 0.25) is 0 Å². The molecule has 7 nitrogen and oxygen atoms in total. The highest BCUT2D eigenvalue weighted by atomic mass is 16.5. The SMILES string of the molecule is COc1ccc(N2N=C(NC(C)=O)C(=O)C2=O)cc1. The Hall–Kier alpha value is -2.70. The molecule has 0 radical (unpaired) electrons. The molecular formula is C12H11N3O4. The van der Waals surface area contributed by atoms with Crippen molar-refractivity contribution in [2.24, 2.45) is 5.10 Å². The van der Waals surface area contributed by atoms with E-state index in [1.54, 1.807) is 24.3 Å². The van der Waals surface area contributed by atoms with Crippen molar-refractivity contribution < 1.29 is 19.1 Å². The predicted octanol–water partition coefficient (Wildman–Crippen LogP) is 0.0605. The van der Waals surface area contributed by atoms with Crippen molar-refractivity contribution in [2.45, 2.75) is 6.92 Å². The van der Waals surface area contributed by atoms with E-state index in [9.17, 15) is 14.4 Å². The van der Waals surface area contributed by atoms with Crippen molar-refractivity contribution in [1.82, 2.24) is 5.32 Å². The Kier molecular flexibility index (Phi) is 3.28. The molecule has 1 aromatic carbocycles. The smallest absolute Gasteiger partial charge is 0.323 e. The van der Waals surface area contributed by atoms with Crippen LogP contribution in [0.4, 0.5) is 5.69 Å². The van der Waals surface area contributed by atoms with E-state index in [1.165, 1.54) is 14.0 Å². The number of amides is 2. The number of ketones is 1. The van der Waals surface area contributed by atoms with Crippen molar-refractivity contribution in [1.29, 1.82) is 0 Å². The van der Waals surface area contributed by atoms with E-state index >= 15 is 0 Å². The van der Waals surface area contributed by atoms with Crippen LogP contribution in [0, 0.1) is 0 Å².